The molecule has 0 saturated carbocycles. The molecule has 1 aliphatic rings. The van der Waals surface area contributed by atoms with Crippen LogP contribution in [-0.2, 0) is 4.79 Å². The molecule has 0 bridgehead atoms. The Bertz CT molecular complexity index is 249. The lowest BCUT2D eigenvalue weighted by Gasteiger charge is -2.49. The first-order valence-corrected chi connectivity index (χ1v) is 4.79. The molecule has 0 aliphatic carbocycles. The molecule has 1 fully saturated rings. The van der Waals surface area contributed by atoms with Gasteiger partial charge in [-0.15, -0.1) is 0 Å². The molecule has 13 heavy (non-hydrogen) atoms. The van der Waals surface area contributed by atoms with Gasteiger partial charge in [0.2, 0.25) is 5.91 Å². The van der Waals surface area contributed by atoms with E-state index in [4.69, 9.17) is 0 Å². The molecular weight excluding hydrogens is 162 g/mol. The van der Waals surface area contributed by atoms with Crippen LogP contribution in [0.4, 0.5) is 0 Å². The molecule has 2 atom stereocenters. The smallest absolute Gasteiger partial charge is 0.232 e. The second-order valence-corrected chi connectivity index (χ2v) is 4.95. The van der Waals surface area contributed by atoms with Gasteiger partial charge in [-0.2, -0.15) is 0 Å². The maximum Gasteiger partial charge on any atom is 0.232 e. The first-order valence-electron chi connectivity index (χ1n) is 4.79. The largest absolute Gasteiger partial charge is 0.313 e. The Morgan fingerprint density at radius 3 is 2.15 bits per heavy atom. The molecule has 0 aromatic rings. The van der Waals surface area contributed by atoms with E-state index in [1.165, 1.54) is 0 Å². The summed E-state index contributed by atoms with van der Waals surface area (Å²) in [7, 11) is 0. The first-order chi connectivity index (χ1) is 5.76. The third-order valence-corrected chi connectivity index (χ3v) is 2.83. The molecule has 1 amide bonds. The molecule has 0 spiro atoms. The third kappa shape index (κ3) is 1.50. The standard InChI is InChI=1S/C11H19NO/c1-7-8(2)12(9(7)3)10(13)11(4,5)6/h7,9H,2H2,1,3-6H3. The highest BCUT2D eigenvalue weighted by Crippen LogP contribution is 2.37. The van der Waals surface area contributed by atoms with E-state index in [1.54, 1.807) is 0 Å². The summed E-state index contributed by atoms with van der Waals surface area (Å²) >= 11 is 0. The second kappa shape index (κ2) is 2.86. The number of likely N-dealkylation sites (tertiary alicyclic amines) is 1. The minimum Gasteiger partial charge on any atom is -0.313 e. The molecule has 1 rings (SSSR count). The maximum absolute atomic E-state index is 11.9. The van der Waals surface area contributed by atoms with Crippen molar-refractivity contribution in [2.75, 3.05) is 0 Å². The Balaban J connectivity index is 2.76. The summed E-state index contributed by atoms with van der Waals surface area (Å²) < 4.78 is 0. The van der Waals surface area contributed by atoms with Gasteiger partial charge in [0, 0.05) is 23.1 Å². The van der Waals surface area contributed by atoms with Crippen LogP contribution in [0.15, 0.2) is 12.3 Å². The van der Waals surface area contributed by atoms with Gasteiger partial charge < -0.3 is 4.90 Å². The number of carbonyl (C=O) groups is 1. The van der Waals surface area contributed by atoms with Crippen molar-refractivity contribution >= 4 is 5.91 Å². The molecule has 0 N–H and O–H groups in total. The maximum atomic E-state index is 11.9. The molecule has 2 heteroatoms. The quantitative estimate of drug-likeness (QED) is 0.562. The Morgan fingerprint density at radius 2 is 1.85 bits per heavy atom. The number of hydrogen-bond donors (Lipinski definition) is 0. The van der Waals surface area contributed by atoms with Gasteiger partial charge in [-0.3, -0.25) is 4.79 Å². The summed E-state index contributed by atoms with van der Waals surface area (Å²) in [5.41, 5.74) is 0.671. The van der Waals surface area contributed by atoms with Crippen LogP contribution in [0.25, 0.3) is 0 Å². The van der Waals surface area contributed by atoms with Crippen LogP contribution in [-0.4, -0.2) is 16.8 Å². The fraction of sp³-hybridized carbons (Fsp3) is 0.727. The normalized spacial score (nSPS) is 28.7. The predicted octanol–water partition coefficient (Wildman–Crippen LogP) is 2.41. The van der Waals surface area contributed by atoms with E-state index in [9.17, 15) is 4.79 Å². The topological polar surface area (TPSA) is 20.3 Å². The molecule has 0 radical (unpaired) electrons. The van der Waals surface area contributed by atoms with Crippen molar-refractivity contribution in [3.8, 4) is 0 Å². The SMILES string of the molecule is C=C1C(C)C(C)N1C(=O)C(C)(C)C. The lowest BCUT2D eigenvalue weighted by atomic mass is 9.83. The van der Waals surface area contributed by atoms with Gasteiger partial charge in [-0.25, -0.2) is 0 Å². The highest BCUT2D eigenvalue weighted by Gasteiger charge is 2.43. The van der Waals surface area contributed by atoms with Gasteiger partial charge in [-0.1, -0.05) is 34.3 Å². The van der Waals surface area contributed by atoms with Crippen LogP contribution >= 0.6 is 0 Å². The zero-order chi connectivity index (χ0) is 10.4. The van der Waals surface area contributed by atoms with Crippen LogP contribution in [0.2, 0.25) is 0 Å². The Kier molecular flexibility index (Phi) is 2.27. The monoisotopic (exact) mass is 181 g/mol. The Morgan fingerprint density at radius 1 is 1.38 bits per heavy atom. The van der Waals surface area contributed by atoms with E-state index >= 15 is 0 Å². The van der Waals surface area contributed by atoms with Crippen LogP contribution in [0, 0.1) is 11.3 Å². The van der Waals surface area contributed by atoms with Crippen molar-refractivity contribution in [3.63, 3.8) is 0 Å². The molecule has 1 heterocycles. The van der Waals surface area contributed by atoms with Crippen molar-refractivity contribution < 1.29 is 4.79 Å². The van der Waals surface area contributed by atoms with Crippen LogP contribution in [0.3, 0.4) is 0 Å². The molecule has 0 aromatic heterocycles. The van der Waals surface area contributed by atoms with Gasteiger partial charge in [0.25, 0.3) is 0 Å². The van der Waals surface area contributed by atoms with Gasteiger partial charge in [-0.05, 0) is 6.92 Å². The predicted molar refractivity (Wildman–Crippen MR) is 54.1 cm³/mol. The number of nitrogens with zero attached hydrogens (tertiary/aromatic N) is 1. The summed E-state index contributed by atoms with van der Waals surface area (Å²) in [4.78, 5) is 13.7. The summed E-state index contributed by atoms with van der Waals surface area (Å²) in [6.45, 7) is 13.9. The number of carbonyl (C=O) groups excluding carboxylic acids is 1. The lowest BCUT2D eigenvalue weighted by Crippen LogP contribution is -2.56. The number of amides is 1. The highest BCUT2D eigenvalue weighted by molar-refractivity contribution is 5.84. The number of hydrogen-bond acceptors (Lipinski definition) is 1. The van der Waals surface area contributed by atoms with E-state index in [0.29, 0.717) is 12.0 Å². The Hall–Kier alpha value is -0.790. The molecule has 1 saturated heterocycles. The van der Waals surface area contributed by atoms with Crippen molar-refractivity contribution in [1.29, 1.82) is 0 Å². The minimum atomic E-state index is -0.294. The zero-order valence-corrected chi connectivity index (χ0v) is 9.22. The Labute approximate surface area is 80.6 Å². The molecule has 2 unspecified atom stereocenters. The first kappa shape index (κ1) is 10.3. The van der Waals surface area contributed by atoms with Gasteiger partial charge in [0.05, 0.1) is 0 Å². The molecular formula is C11H19NO. The van der Waals surface area contributed by atoms with E-state index in [1.807, 2.05) is 25.7 Å². The van der Waals surface area contributed by atoms with Crippen molar-refractivity contribution in [2.24, 2.45) is 11.3 Å². The summed E-state index contributed by atoms with van der Waals surface area (Å²) in [6, 6.07) is 0.319. The second-order valence-electron chi connectivity index (χ2n) is 4.95. The van der Waals surface area contributed by atoms with Crippen molar-refractivity contribution in [2.45, 2.75) is 40.7 Å². The number of rotatable bonds is 0. The van der Waals surface area contributed by atoms with Crippen molar-refractivity contribution in [3.05, 3.63) is 12.3 Å². The summed E-state index contributed by atoms with van der Waals surface area (Å²) in [5, 5.41) is 0. The average Bonchev–Trinajstić information content (AvgIpc) is 2.02. The highest BCUT2D eigenvalue weighted by atomic mass is 16.2. The van der Waals surface area contributed by atoms with Crippen molar-refractivity contribution in [1.82, 2.24) is 4.90 Å². The summed E-state index contributed by atoms with van der Waals surface area (Å²) in [5.74, 6) is 0.634. The zero-order valence-electron chi connectivity index (χ0n) is 9.22. The fourth-order valence-corrected chi connectivity index (χ4v) is 1.58. The third-order valence-electron chi connectivity index (χ3n) is 2.83. The van der Waals surface area contributed by atoms with E-state index in [0.717, 1.165) is 5.70 Å². The molecule has 74 valence electrons. The molecule has 1 aliphatic heterocycles. The van der Waals surface area contributed by atoms with E-state index < -0.39 is 0 Å². The van der Waals surface area contributed by atoms with Crippen LogP contribution in [0.1, 0.15) is 34.6 Å². The van der Waals surface area contributed by atoms with Crippen LogP contribution < -0.4 is 0 Å². The average molecular weight is 181 g/mol. The minimum absolute atomic E-state index is 0.183. The fourth-order valence-electron chi connectivity index (χ4n) is 1.58. The lowest BCUT2D eigenvalue weighted by molar-refractivity contribution is -0.145. The molecule has 2 nitrogen and oxygen atoms in total. The summed E-state index contributed by atoms with van der Waals surface area (Å²) in [6.07, 6.45) is 0. The van der Waals surface area contributed by atoms with E-state index in [-0.39, 0.29) is 11.3 Å². The van der Waals surface area contributed by atoms with Gasteiger partial charge >= 0.3 is 0 Å². The molecule has 0 aromatic carbocycles. The van der Waals surface area contributed by atoms with Gasteiger partial charge in [0.15, 0.2) is 0 Å². The van der Waals surface area contributed by atoms with Gasteiger partial charge in [0.1, 0.15) is 0 Å². The van der Waals surface area contributed by atoms with Crippen LogP contribution in [0.5, 0.6) is 0 Å². The van der Waals surface area contributed by atoms with E-state index in [2.05, 4.69) is 20.4 Å².